The number of rotatable bonds is 6. The van der Waals surface area contributed by atoms with Crippen molar-refractivity contribution in [2.24, 2.45) is 0 Å². The SMILES string of the molecule is Cc1cc(C)c(-[n+]2c(-c3cc(C(C)(C)C)cc(C(C)(C)C)c3O)[n-]c3c(-c4cc(-c5ccc6c(c5)-c5ccccc5-c5ccccc5-c5ccccc5-6)cc(-c5[c-]cccc5)n4)cccc32)c(-c2ccccc2)c1.[Pt+2]. The van der Waals surface area contributed by atoms with Crippen LogP contribution in [0.4, 0.5) is 0 Å². The van der Waals surface area contributed by atoms with Gasteiger partial charge in [0.15, 0.2) is 0 Å². The molecular weight excluding hydrogens is 1090 g/mol. The topological polar surface area (TPSA) is 51.1 Å². The predicted molar refractivity (Wildman–Crippen MR) is 306 cm³/mol. The molecule has 0 unspecified atom stereocenters. The molecule has 12 rings (SSSR count). The molecule has 1 aliphatic rings. The van der Waals surface area contributed by atoms with Crippen LogP contribution in [0.15, 0.2) is 200 Å². The maximum atomic E-state index is 12.7. The van der Waals surface area contributed by atoms with Gasteiger partial charge in [0.1, 0.15) is 11.6 Å². The first kappa shape index (κ1) is 49.3. The molecule has 0 saturated carbocycles. The Hall–Kier alpha value is -7.91. The van der Waals surface area contributed by atoms with Gasteiger partial charge < -0.3 is 5.11 Å². The minimum atomic E-state index is -0.350. The van der Waals surface area contributed by atoms with Crippen LogP contribution in [0.2, 0.25) is 0 Å². The van der Waals surface area contributed by atoms with Crippen LogP contribution in [0.5, 0.6) is 5.75 Å². The number of aromatic hydroxyl groups is 1. The number of hydrogen-bond acceptors (Lipinski definition) is 2. The Kier molecular flexibility index (Phi) is 12.6. The van der Waals surface area contributed by atoms with Gasteiger partial charge in [-0.1, -0.05) is 193 Å². The molecule has 0 spiro atoms. The molecule has 1 aliphatic carbocycles. The number of phenolic OH excluding ortho intramolecular Hbond substituents is 1. The van der Waals surface area contributed by atoms with Crippen LogP contribution in [0.1, 0.15) is 63.8 Å². The van der Waals surface area contributed by atoms with Crippen molar-refractivity contribution in [3.63, 3.8) is 0 Å². The number of benzene rings is 9. The second-order valence-corrected chi connectivity index (χ2v) is 22.0. The van der Waals surface area contributed by atoms with Crippen molar-refractivity contribution in [1.82, 2.24) is 9.97 Å². The molecule has 0 aliphatic heterocycles. The van der Waals surface area contributed by atoms with Crippen molar-refractivity contribution in [2.45, 2.75) is 66.2 Å². The quantitative estimate of drug-likeness (QED) is 0.133. The zero-order valence-corrected chi connectivity index (χ0v) is 45.9. The number of nitrogens with zero attached hydrogens (tertiary/aromatic N) is 3. The van der Waals surface area contributed by atoms with Gasteiger partial charge in [-0.25, -0.2) is 4.98 Å². The average molecular weight is 1150 g/mol. The van der Waals surface area contributed by atoms with E-state index in [0.717, 1.165) is 78.2 Å². The Bertz CT molecular complexity index is 4000. The van der Waals surface area contributed by atoms with Gasteiger partial charge in [0, 0.05) is 16.7 Å². The molecule has 11 aromatic rings. The van der Waals surface area contributed by atoms with E-state index in [1.165, 1.54) is 50.1 Å². The number of hydrogen-bond donors (Lipinski definition) is 1. The predicted octanol–water partition coefficient (Wildman–Crippen LogP) is 17.5. The van der Waals surface area contributed by atoms with E-state index in [-0.39, 0.29) is 37.6 Å². The molecule has 2 heterocycles. The van der Waals surface area contributed by atoms with Crippen LogP contribution >= 0.6 is 0 Å². The van der Waals surface area contributed by atoms with Crippen molar-refractivity contribution in [2.75, 3.05) is 0 Å². The average Bonchev–Trinajstić information content (AvgIpc) is 3.80. The van der Waals surface area contributed by atoms with Crippen LogP contribution in [0.25, 0.3) is 117 Å². The number of para-hydroxylation sites is 1. The number of pyridine rings is 1. The van der Waals surface area contributed by atoms with Crippen molar-refractivity contribution in [3.05, 3.63) is 229 Å². The summed E-state index contributed by atoms with van der Waals surface area (Å²) < 4.78 is 2.29. The summed E-state index contributed by atoms with van der Waals surface area (Å²) >= 11 is 0. The van der Waals surface area contributed by atoms with Gasteiger partial charge in [-0.3, -0.25) is 9.55 Å². The maximum absolute atomic E-state index is 12.7. The van der Waals surface area contributed by atoms with Crippen molar-refractivity contribution in [3.8, 4) is 112 Å². The molecule has 75 heavy (non-hydrogen) atoms. The number of aryl methyl sites for hydroxylation is 2. The Morgan fingerprint density at radius 2 is 1.04 bits per heavy atom. The fourth-order valence-corrected chi connectivity index (χ4v) is 11.2. The van der Waals surface area contributed by atoms with E-state index in [4.69, 9.17) is 9.97 Å². The molecule has 0 saturated heterocycles. The molecule has 0 fully saturated rings. The van der Waals surface area contributed by atoms with E-state index in [9.17, 15) is 5.11 Å². The summed E-state index contributed by atoms with van der Waals surface area (Å²) in [5, 5.41) is 12.7. The Labute approximate surface area is 455 Å². The summed E-state index contributed by atoms with van der Waals surface area (Å²) in [6.45, 7) is 17.5. The number of imidazole rings is 1. The van der Waals surface area contributed by atoms with Crippen molar-refractivity contribution < 1.29 is 30.7 Å². The summed E-state index contributed by atoms with van der Waals surface area (Å²) in [6.07, 6.45) is 0. The molecule has 0 bridgehead atoms. The van der Waals surface area contributed by atoms with Crippen molar-refractivity contribution >= 4 is 11.0 Å². The van der Waals surface area contributed by atoms with Gasteiger partial charge in [0.25, 0.3) is 0 Å². The fraction of sp³-hybridized carbons (Fsp3) is 0.143. The first-order valence-electron chi connectivity index (χ1n) is 25.7. The molecule has 368 valence electrons. The van der Waals surface area contributed by atoms with E-state index in [1.54, 1.807) is 0 Å². The van der Waals surface area contributed by atoms with Gasteiger partial charge in [0.05, 0.1) is 28.0 Å². The van der Waals surface area contributed by atoms with Crippen molar-refractivity contribution in [1.29, 1.82) is 0 Å². The molecule has 5 heteroatoms. The normalized spacial score (nSPS) is 11.9. The number of phenols is 1. The Balaban J connectivity index is 0.00000602. The summed E-state index contributed by atoms with van der Waals surface area (Å²) in [6, 6.07) is 75.2. The monoisotopic (exact) mass is 1150 g/mol. The van der Waals surface area contributed by atoms with Crippen LogP contribution in [0, 0.1) is 19.9 Å². The Morgan fingerprint density at radius 3 is 1.64 bits per heavy atom. The maximum Gasteiger partial charge on any atom is 2.00 e. The van der Waals surface area contributed by atoms with Crippen LogP contribution in [-0.4, -0.2) is 10.1 Å². The first-order valence-corrected chi connectivity index (χ1v) is 25.7. The first-order chi connectivity index (χ1) is 35.7. The molecule has 2 aromatic heterocycles. The summed E-state index contributed by atoms with van der Waals surface area (Å²) in [7, 11) is 0. The Morgan fingerprint density at radius 1 is 0.467 bits per heavy atom. The zero-order valence-electron chi connectivity index (χ0n) is 43.7. The second-order valence-electron chi connectivity index (χ2n) is 22.0. The standard InChI is InChI=1S/C70H58N3O.Pt/c1-43-36-44(2)66(58(37-43)45-22-11-9-12-23-45)73-64-33-21-32-57(65(64)72-68(73)60-41-49(69(3,4)5)42-61(67(60)74)70(6,7)8)63-40-48(39-62(71-63)46-24-13-10-14-25-46)47-34-35-56-54-30-18-17-28-52(54)50-26-15-16-27-51(50)53-29-19-20-31-55(53)59(56)38-47;/h9-24,26-42H,1-8H3,(H,71,72,74);/q-1;+2. The summed E-state index contributed by atoms with van der Waals surface area (Å²) in [5.41, 5.74) is 24.4. The molecule has 1 N–H and O–H groups in total. The van der Waals surface area contributed by atoms with E-state index in [2.05, 4.69) is 248 Å². The molecule has 0 amide bonds. The molecular formula is C70H58N3OPt+. The van der Waals surface area contributed by atoms with Crippen LogP contribution in [0.3, 0.4) is 0 Å². The summed E-state index contributed by atoms with van der Waals surface area (Å²) in [5.74, 6) is 0.906. The smallest absolute Gasteiger partial charge is 0.507 e. The third kappa shape index (κ3) is 8.75. The molecule has 0 radical (unpaired) electrons. The minimum absolute atomic E-state index is 0. The third-order valence-corrected chi connectivity index (χ3v) is 14.8. The van der Waals surface area contributed by atoms with E-state index < -0.39 is 0 Å². The van der Waals surface area contributed by atoms with E-state index in [1.807, 2.05) is 18.2 Å². The van der Waals surface area contributed by atoms with Crippen LogP contribution in [-0.2, 0) is 31.9 Å². The molecule has 4 nitrogen and oxygen atoms in total. The second kappa shape index (κ2) is 19.1. The largest absolute Gasteiger partial charge is 2.00 e. The van der Waals surface area contributed by atoms with Gasteiger partial charge >= 0.3 is 21.1 Å². The number of aromatic nitrogens is 3. The molecule has 9 aromatic carbocycles. The van der Waals surface area contributed by atoms with Gasteiger partial charge in [-0.05, 0) is 133 Å². The van der Waals surface area contributed by atoms with Crippen LogP contribution < -0.4 is 9.55 Å². The fourth-order valence-electron chi connectivity index (χ4n) is 11.2. The van der Waals surface area contributed by atoms with Gasteiger partial charge in [0.2, 0.25) is 0 Å². The molecule has 0 atom stereocenters. The number of fused-ring (bicyclic) bond motifs is 9. The van der Waals surface area contributed by atoms with E-state index in [0.29, 0.717) is 11.4 Å². The van der Waals surface area contributed by atoms with Gasteiger partial charge in [-0.2, -0.15) is 0 Å². The third-order valence-electron chi connectivity index (χ3n) is 14.8. The summed E-state index contributed by atoms with van der Waals surface area (Å²) in [4.78, 5) is 11.3. The van der Waals surface area contributed by atoms with Gasteiger partial charge in [-0.15, -0.1) is 35.9 Å². The van der Waals surface area contributed by atoms with E-state index >= 15 is 0 Å². The minimum Gasteiger partial charge on any atom is -0.507 e. The zero-order chi connectivity index (χ0) is 51.0.